The summed E-state index contributed by atoms with van der Waals surface area (Å²) in [4.78, 5) is 17.2. The normalized spacial score (nSPS) is 11.1. The minimum absolute atomic E-state index is 0.0331. The van der Waals surface area contributed by atoms with Crippen LogP contribution < -0.4 is 5.56 Å². The summed E-state index contributed by atoms with van der Waals surface area (Å²) >= 11 is 3.66. The van der Waals surface area contributed by atoms with E-state index in [2.05, 4.69) is 27.6 Å². The van der Waals surface area contributed by atoms with Gasteiger partial charge in [-0.3, -0.25) is 9.36 Å². The van der Waals surface area contributed by atoms with Crippen LogP contribution in [-0.2, 0) is 6.54 Å². The lowest BCUT2D eigenvalue weighted by molar-refractivity contribution is 0.476. The lowest BCUT2D eigenvalue weighted by atomic mass is 10.2. The molecule has 0 amide bonds. The molecule has 0 radical (unpaired) electrons. The number of nitrogens with zero attached hydrogens (tertiary/aromatic N) is 2. The number of hydrogen-bond donors (Lipinski definition) is 0. The second-order valence-electron chi connectivity index (χ2n) is 4.23. The van der Waals surface area contributed by atoms with E-state index in [0.717, 1.165) is 14.8 Å². The molecule has 0 spiro atoms. The van der Waals surface area contributed by atoms with Crippen LogP contribution in [0.2, 0.25) is 0 Å². The van der Waals surface area contributed by atoms with Gasteiger partial charge in [0.1, 0.15) is 5.76 Å². The van der Waals surface area contributed by atoms with Crippen LogP contribution in [0.1, 0.15) is 5.76 Å². The Hall–Kier alpha value is -1.28. The van der Waals surface area contributed by atoms with Gasteiger partial charge in [-0.05, 0) is 59.2 Å². The second-order valence-corrected chi connectivity index (χ2v) is 6.25. The van der Waals surface area contributed by atoms with Gasteiger partial charge in [-0.1, -0.05) is 11.8 Å². The van der Waals surface area contributed by atoms with E-state index in [1.54, 1.807) is 10.8 Å². The van der Waals surface area contributed by atoms with Gasteiger partial charge in [0.05, 0.1) is 23.7 Å². The maximum atomic E-state index is 12.7. The van der Waals surface area contributed by atoms with Gasteiger partial charge < -0.3 is 4.42 Å². The Balaban J connectivity index is 2.23. The summed E-state index contributed by atoms with van der Waals surface area (Å²) in [5, 5.41) is 1.33. The van der Waals surface area contributed by atoms with Crippen molar-refractivity contribution in [2.45, 2.75) is 11.7 Å². The number of furan rings is 1. The highest BCUT2D eigenvalue weighted by Crippen LogP contribution is 2.18. The molecule has 20 heavy (non-hydrogen) atoms. The quantitative estimate of drug-likeness (QED) is 0.386. The van der Waals surface area contributed by atoms with Crippen LogP contribution in [0.5, 0.6) is 0 Å². The number of hydrogen-bond acceptors (Lipinski definition) is 4. The molecule has 3 rings (SSSR count). The van der Waals surface area contributed by atoms with Gasteiger partial charge in [0.25, 0.3) is 5.56 Å². The molecule has 6 heteroatoms. The van der Waals surface area contributed by atoms with E-state index in [-0.39, 0.29) is 5.56 Å². The SMILES string of the molecule is CSc1nc2ccc(I)cc2c(=O)n1Cc1ccco1. The number of aromatic nitrogens is 2. The third kappa shape index (κ3) is 2.49. The molecule has 0 unspecified atom stereocenters. The van der Waals surface area contributed by atoms with Crippen LogP contribution in [0.4, 0.5) is 0 Å². The van der Waals surface area contributed by atoms with Crippen LogP contribution in [0, 0.1) is 3.57 Å². The molecule has 0 bridgehead atoms. The van der Waals surface area contributed by atoms with E-state index in [4.69, 9.17) is 4.42 Å². The summed E-state index contributed by atoms with van der Waals surface area (Å²) < 4.78 is 8.01. The van der Waals surface area contributed by atoms with Crippen LogP contribution >= 0.6 is 34.4 Å². The molecule has 0 aliphatic carbocycles. The molecular weight excluding hydrogens is 387 g/mol. The number of rotatable bonds is 3. The molecule has 2 heterocycles. The van der Waals surface area contributed by atoms with Crippen LogP contribution in [0.25, 0.3) is 10.9 Å². The Morgan fingerprint density at radius 2 is 2.25 bits per heavy atom. The van der Waals surface area contributed by atoms with E-state index >= 15 is 0 Å². The number of halogens is 1. The summed E-state index contributed by atoms with van der Waals surface area (Å²) in [5.74, 6) is 0.745. The predicted molar refractivity (Wildman–Crippen MR) is 88.3 cm³/mol. The number of fused-ring (bicyclic) bond motifs is 1. The molecule has 102 valence electrons. The lowest BCUT2D eigenvalue weighted by Gasteiger charge is -2.10. The van der Waals surface area contributed by atoms with Crippen molar-refractivity contribution in [1.29, 1.82) is 0 Å². The highest BCUT2D eigenvalue weighted by Gasteiger charge is 2.12. The third-order valence-electron chi connectivity index (χ3n) is 2.96. The zero-order chi connectivity index (χ0) is 14.1. The Bertz CT molecular complexity index is 812. The fourth-order valence-electron chi connectivity index (χ4n) is 2.03. The molecule has 0 N–H and O–H groups in total. The summed E-state index contributed by atoms with van der Waals surface area (Å²) in [7, 11) is 0. The fourth-order valence-corrected chi connectivity index (χ4v) is 3.08. The molecular formula is C14H11IN2O2S. The van der Waals surface area contributed by atoms with Crippen LogP contribution in [-0.4, -0.2) is 15.8 Å². The minimum atomic E-state index is -0.0331. The van der Waals surface area contributed by atoms with Gasteiger partial charge in [0.2, 0.25) is 0 Å². The minimum Gasteiger partial charge on any atom is -0.467 e. The van der Waals surface area contributed by atoms with Crippen molar-refractivity contribution in [2.24, 2.45) is 0 Å². The second kappa shape index (κ2) is 5.61. The van der Waals surface area contributed by atoms with Gasteiger partial charge in [-0.15, -0.1) is 0 Å². The average Bonchev–Trinajstić information content (AvgIpc) is 2.95. The van der Waals surface area contributed by atoms with Gasteiger partial charge in [-0.2, -0.15) is 0 Å². The Kier molecular flexibility index (Phi) is 3.84. The maximum absolute atomic E-state index is 12.7. The summed E-state index contributed by atoms with van der Waals surface area (Å²) in [6.07, 6.45) is 3.52. The van der Waals surface area contributed by atoms with E-state index in [1.165, 1.54) is 11.8 Å². The van der Waals surface area contributed by atoms with Gasteiger partial charge in [-0.25, -0.2) is 4.98 Å². The Morgan fingerprint density at radius 3 is 2.95 bits per heavy atom. The van der Waals surface area contributed by atoms with Crippen molar-refractivity contribution in [1.82, 2.24) is 9.55 Å². The first-order valence-electron chi connectivity index (χ1n) is 5.95. The van der Waals surface area contributed by atoms with Crippen molar-refractivity contribution in [3.05, 3.63) is 56.3 Å². The molecule has 0 saturated heterocycles. The predicted octanol–water partition coefficient (Wildman–Crippen LogP) is 3.36. The molecule has 1 aromatic carbocycles. The van der Waals surface area contributed by atoms with Crippen molar-refractivity contribution in [2.75, 3.05) is 6.26 Å². The molecule has 2 aromatic heterocycles. The van der Waals surface area contributed by atoms with Crippen molar-refractivity contribution >= 4 is 45.3 Å². The maximum Gasteiger partial charge on any atom is 0.262 e. The highest BCUT2D eigenvalue weighted by molar-refractivity contribution is 14.1. The molecule has 3 aromatic rings. The smallest absolute Gasteiger partial charge is 0.262 e. The molecule has 0 saturated carbocycles. The van der Waals surface area contributed by atoms with E-state index in [0.29, 0.717) is 17.1 Å². The molecule has 0 atom stereocenters. The first-order chi connectivity index (χ1) is 9.69. The van der Waals surface area contributed by atoms with Crippen molar-refractivity contribution < 1.29 is 4.42 Å². The monoisotopic (exact) mass is 398 g/mol. The van der Waals surface area contributed by atoms with Gasteiger partial charge >= 0.3 is 0 Å². The molecule has 0 aliphatic rings. The van der Waals surface area contributed by atoms with E-state index < -0.39 is 0 Å². The lowest BCUT2D eigenvalue weighted by Crippen LogP contribution is -2.23. The summed E-state index contributed by atoms with van der Waals surface area (Å²) in [6, 6.07) is 9.38. The first kappa shape index (κ1) is 13.7. The van der Waals surface area contributed by atoms with Crippen molar-refractivity contribution in [3.8, 4) is 0 Å². The van der Waals surface area contributed by atoms with Gasteiger partial charge in [0.15, 0.2) is 5.16 Å². The van der Waals surface area contributed by atoms with E-state index in [9.17, 15) is 4.79 Å². The fraction of sp³-hybridized carbons (Fsp3) is 0.143. The highest BCUT2D eigenvalue weighted by atomic mass is 127. The zero-order valence-corrected chi connectivity index (χ0v) is 13.6. The standard InChI is InChI=1S/C14H11IN2O2S/c1-20-14-16-12-5-4-9(15)7-11(12)13(18)17(14)8-10-3-2-6-19-10/h2-7H,8H2,1H3. The van der Waals surface area contributed by atoms with Crippen molar-refractivity contribution in [3.63, 3.8) is 0 Å². The number of thioether (sulfide) groups is 1. The van der Waals surface area contributed by atoms with Crippen LogP contribution in [0.15, 0.2) is 51.0 Å². The van der Waals surface area contributed by atoms with E-state index in [1.807, 2.05) is 36.6 Å². The van der Waals surface area contributed by atoms with Crippen LogP contribution in [0.3, 0.4) is 0 Å². The third-order valence-corrected chi connectivity index (χ3v) is 4.31. The molecule has 4 nitrogen and oxygen atoms in total. The molecule has 0 aliphatic heterocycles. The summed E-state index contributed by atoms with van der Waals surface area (Å²) in [6.45, 7) is 0.399. The Labute approximate surface area is 133 Å². The summed E-state index contributed by atoms with van der Waals surface area (Å²) in [5.41, 5.74) is 0.699. The average molecular weight is 398 g/mol. The van der Waals surface area contributed by atoms with Gasteiger partial charge in [0, 0.05) is 3.57 Å². The first-order valence-corrected chi connectivity index (χ1v) is 8.26. The largest absolute Gasteiger partial charge is 0.467 e. The zero-order valence-electron chi connectivity index (χ0n) is 10.7. The molecule has 0 fully saturated rings. The topological polar surface area (TPSA) is 48.0 Å². The number of benzene rings is 1. The Morgan fingerprint density at radius 1 is 1.40 bits per heavy atom.